The fraction of sp³-hybridized carbons (Fsp3) is 0.364. The number of nitrogen functional groups attached to an aromatic ring is 1. The average molecular weight is 222 g/mol. The molecule has 0 saturated heterocycles. The highest BCUT2D eigenvalue weighted by Crippen LogP contribution is 2.33. The van der Waals surface area contributed by atoms with Gasteiger partial charge in [-0.3, -0.25) is 0 Å². The van der Waals surface area contributed by atoms with Gasteiger partial charge in [-0.25, -0.2) is 4.79 Å². The first-order chi connectivity index (χ1) is 7.72. The maximum absolute atomic E-state index is 11.6. The number of benzene rings is 1. The molecule has 1 heterocycles. The smallest absolute Gasteiger partial charge is 0.341 e. The number of nitrogens with one attached hydrogen (secondary N) is 1. The number of nitrogens with two attached hydrogens (primary N) is 1. The van der Waals surface area contributed by atoms with Crippen molar-refractivity contribution in [2.75, 3.05) is 31.3 Å². The molecule has 5 nitrogen and oxygen atoms in total. The predicted molar refractivity (Wildman–Crippen MR) is 60.8 cm³/mol. The molecule has 0 radical (unpaired) electrons. The first-order valence-corrected chi connectivity index (χ1v) is 5.11. The minimum atomic E-state index is -0.438. The van der Waals surface area contributed by atoms with Crippen molar-refractivity contribution >= 4 is 17.3 Å². The van der Waals surface area contributed by atoms with Crippen molar-refractivity contribution in [2.24, 2.45) is 0 Å². The summed E-state index contributed by atoms with van der Waals surface area (Å²) in [5.41, 5.74) is 7.35. The number of fused-ring (bicyclic) bond motifs is 1. The van der Waals surface area contributed by atoms with Gasteiger partial charge in [0.2, 0.25) is 0 Å². The van der Waals surface area contributed by atoms with Crippen LogP contribution in [0.3, 0.4) is 0 Å². The molecule has 0 fully saturated rings. The van der Waals surface area contributed by atoms with Crippen LogP contribution in [-0.4, -0.2) is 26.2 Å². The highest BCUT2D eigenvalue weighted by Gasteiger charge is 2.19. The van der Waals surface area contributed by atoms with Crippen LogP contribution < -0.4 is 15.8 Å². The quantitative estimate of drug-likeness (QED) is 0.552. The second kappa shape index (κ2) is 4.30. The summed E-state index contributed by atoms with van der Waals surface area (Å²) in [6.45, 7) is 1.38. The van der Waals surface area contributed by atoms with Gasteiger partial charge in [-0.15, -0.1) is 0 Å². The van der Waals surface area contributed by atoms with Gasteiger partial charge in [0.15, 0.2) is 5.75 Å². The Morgan fingerprint density at radius 3 is 3.12 bits per heavy atom. The molecular weight excluding hydrogens is 208 g/mol. The summed E-state index contributed by atoms with van der Waals surface area (Å²) >= 11 is 0. The lowest BCUT2D eigenvalue weighted by Crippen LogP contribution is -2.07. The van der Waals surface area contributed by atoms with Crippen molar-refractivity contribution in [1.29, 1.82) is 0 Å². The largest absolute Gasteiger partial charge is 0.490 e. The molecule has 0 spiro atoms. The van der Waals surface area contributed by atoms with Crippen molar-refractivity contribution in [3.8, 4) is 5.75 Å². The fourth-order valence-corrected chi connectivity index (χ4v) is 1.67. The van der Waals surface area contributed by atoms with E-state index in [9.17, 15) is 4.79 Å². The monoisotopic (exact) mass is 222 g/mol. The lowest BCUT2D eigenvalue weighted by atomic mass is 10.1. The van der Waals surface area contributed by atoms with E-state index in [0.29, 0.717) is 23.6 Å². The highest BCUT2D eigenvalue weighted by molar-refractivity contribution is 5.96. The minimum absolute atomic E-state index is 0.368. The van der Waals surface area contributed by atoms with Gasteiger partial charge in [0.05, 0.1) is 19.4 Å². The van der Waals surface area contributed by atoms with Gasteiger partial charge in [0.25, 0.3) is 0 Å². The van der Waals surface area contributed by atoms with Crippen molar-refractivity contribution in [3.63, 3.8) is 0 Å². The molecule has 1 aromatic rings. The Balaban J connectivity index is 2.50. The summed E-state index contributed by atoms with van der Waals surface area (Å²) in [4.78, 5) is 11.6. The molecule has 0 aromatic heterocycles. The Hall–Kier alpha value is -1.91. The van der Waals surface area contributed by atoms with Gasteiger partial charge < -0.3 is 20.5 Å². The number of rotatable bonds is 1. The van der Waals surface area contributed by atoms with Crippen LogP contribution in [0.5, 0.6) is 5.75 Å². The highest BCUT2D eigenvalue weighted by atomic mass is 16.5. The summed E-state index contributed by atoms with van der Waals surface area (Å²) in [5.74, 6) is 0.0887. The van der Waals surface area contributed by atoms with Gasteiger partial charge in [-0.2, -0.15) is 0 Å². The zero-order valence-electron chi connectivity index (χ0n) is 9.08. The van der Waals surface area contributed by atoms with Crippen LogP contribution in [0.1, 0.15) is 16.8 Å². The summed E-state index contributed by atoms with van der Waals surface area (Å²) in [5, 5.41) is 3.17. The number of carbonyl (C=O) groups excluding carboxylic acids is 1. The van der Waals surface area contributed by atoms with Crippen LogP contribution in [0, 0.1) is 0 Å². The van der Waals surface area contributed by atoms with Crippen LogP contribution in [0.15, 0.2) is 12.1 Å². The topological polar surface area (TPSA) is 73.6 Å². The lowest BCUT2D eigenvalue weighted by molar-refractivity contribution is 0.0596. The maximum Gasteiger partial charge on any atom is 0.341 e. The molecule has 1 aliphatic heterocycles. The van der Waals surface area contributed by atoms with Crippen molar-refractivity contribution in [2.45, 2.75) is 6.42 Å². The Bertz CT molecular complexity index is 418. The molecule has 16 heavy (non-hydrogen) atoms. The SMILES string of the molecule is COC(=O)c1cc(N)cc2c1OCCCN2. The molecule has 3 N–H and O–H groups in total. The van der Waals surface area contributed by atoms with Crippen molar-refractivity contribution in [3.05, 3.63) is 17.7 Å². The number of hydrogen-bond donors (Lipinski definition) is 2. The van der Waals surface area contributed by atoms with Crippen LogP contribution in [0.2, 0.25) is 0 Å². The number of methoxy groups -OCH3 is 1. The summed E-state index contributed by atoms with van der Waals surface area (Å²) in [7, 11) is 1.34. The van der Waals surface area contributed by atoms with E-state index >= 15 is 0 Å². The van der Waals surface area contributed by atoms with E-state index in [2.05, 4.69) is 5.32 Å². The number of esters is 1. The molecular formula is C11H14N2O3. The van der Waals surface area contributed by atoms with E-state index in [4.69, 9.17) is 15.2 Å². The van der Waals surface area contributed by atoms with E-state index < -0.39 is 5.97 Å². The molecule has 0 saturated carbocycles. The van der Waals surface area contributed by atoms with Crippen LogP contribution in [0.25, 0.3) is 0 Å². The standard InChI is InChI=1S/C11H14N2O3/c1-15-11(14)8-5-7(12)6-9-10(8)16-4-2-3-13-9/h5-6,13H,2-4,12H2,1H3. The zero-order chi connectivity index (χ0) is 11.5. The summed E-state index contributed by atoms with van der Waals surface area (Å²) < 4.78 is 10.2. The Labute approximate surface area is 93.5 Å². The normalized spacial score (nSPS) is 14.1. The van der Waals surface area contributed by atoms with E-state index in [0.717, 1.165) is 18.7 Å². The maximum atomic E-state index is 11.6. The third-order valence-corrected chi connectivity index (χ3v) is 2.40. The summed E-state index contributed by atoms with van der Waals surface area (Å²) in [6, 6.07) is 3.32. The van der Waals surface area contributed by atoms with E-state index in [1.807, 2.05) is 0 Å². The molecule has 1 aliphatic rings. The van der Waals surface area contributed by atoms with Crippen LogP contribution >= 0.6 is 0 Å². The summed E-state index contributed by atoms with van der Waals surface area (Å²) in [6.07, 6.45) is 0.884. The third-order valence-electron chi connectivity index (χ3n) is 2.40. The molecule has 0 aliphatic carbocycles. The fourth-order valence-electron chi connectivity index (χ4n) is 1.67. The Morgan fingerprint density at radius 1 is 1.56 bits per heavy atom. The number of hydrogen-bond acceptors (Lipinski definition) is 5. The van der Waals surface area contributed by atoms with Gasteiger partial charge in [-0.1, -0.05) is 0 Å². The van der Waals surface area contributed by atoms with Crippen molar-refractivity contribution < 1.29 is 14.3 Å². The van der Waals surface area contributed by atoms with E-state index in [1.54, 1.807) is 12.1 Å². The first-order valence-electron chi connectivity index (χ1n) is 5.11. The second-order valence-electron chi connectivity index (χ2n) is 3.57. The zero-order valence-corrected chi connectivity index (χ0v) is 9.08. The lowest BCUT2D eigenvalue weighted by Gasteiger charge is -2.12. The molecule has 0 amide bonds. The van der Waals surface area contributed by atoms with Gasteiger partial charge in [0.1, 0.15) is 5.56 Å². The van der Waals surface area contributed by atoms with Crippen LogP contribution in [-0.2, 0) is 4.74 Å². The van der Waals surface area contributed by atoms with Gasteiger partial charge in [-0.05, 0) is 18.6 Å². The number of ether oxygens (including phenoxy) is 2. The number of anilines is 2. The third kappa shape index (κ3) is 1.88. The van der Waals surface area contributed by atoms with Crippen molar-refractivity contribution in [1.82, 2.24) is 0 Å². The van der Waals surface area contributed by atoms with Gasteiger partial charge >= 0.3 is 5.97 Å². The van der Waals surface area contributed by atoms with E-state index in [-0.39, 0.29) is 0 Å². The van der Waals surface area contributed by atoms with E-state index in [1.165, 1.54) is 7.11 Å². The van der Waals surface area contributed by atoms with Gasteiger partial charge in [0, 0.05) is 12.2 Å². The molecule has 0 atom stereocenters. The average Bonchev–Trinajstić information content (AvgIpc) is 2.51. The second-order valence-corrected chi connectivity index (χ2v) is 3.57. The first kappa shape index (κ1) is 10.6. The molecule has 5 heteroatoms. The molecule has 0 unspecified atom stereocenters. The molecule has 86 valence electrons. The molecule has 2 rings (SSSR count). The Morgan fingerprint density at radius 2 is 2.38 bits per heavy atom. The number of carbonyl (C=O) groups is 1. The molecule has 1 aromatic carbocycles. The Kier molecular flexibility index (Phi) is 2.85. The predicted octanol–water partition coefficient (Wildman–Crippen LogP) is 1.25. The van der Waals surface area contributed by atoms with Crippen LogP contribution in [0.4, 0.5) is 11.4 Å². The molecule has 0 bridgehead atoms. The minimum Gasteiger partial charge on any atom is -0.490 e.